The van der Waals surface area contributed by atoms with Crippen molar-refractivity contribution in [3.05, 3.63) is 106 Å². The molecule has 1 unspecified atom stereocenters. The Morgan fingerprint density at radius 3 is 2.73 bits per heavy atom. The number of hydrogen-bond acceptors (Lipinski definition) is 5. The maximum atomic E-state index is 12.8. The highest BCUT2D eigenvalue weighted by Crippen LogP contribution is 2.34. The van der Waals surface area contributed by atoms with Gasteiger partial charge in [0.15, 0.2) is 0 Å². The van der Waals surface area contributed by atoms with E-state index >= 15 is 0 Å². The van der Waals surface area contributed by atoms with Crippen molar-refractivity contribution in [3.63, 3.8) is 0 Å². The summed E-state index contributed by atoms with van der Waals surface area (Å²) in [5.41, 5.74) is 2.80. The predicted molar refractivity (Wildman–Crippen MR) is 125 cm³/mol. The van der Waals surface area contributed by atoms with Crippen molar-refractivity contribution in [3.8, 4) is 5.75 Å². The lowest BCUT2D eigenvalue weighted by atomic mass is 9.91. The van der Waals surface area contributed by atoms with Gasteiger partial charge in [0.1, 0.15) is 17.2 Å². The molecule has 0 saturated carbocycles. The van der Waals surface area contributed by atoms with Crippen molar-refractivity contribution in [2.75, 3.05) is 0 Å². The standard InChI is InChI=1S/C26H21N3O4/c1-15(23-24(30)18-9-2-5-12-21(18)33-26(23)32)16-7-6-8-17(13-16)25(31)27-14-22-28-19-10-3-4-11-20(19)29-22/h2-13,15,30H,14H2,1H3,(H,27,31)(H,28,29). The molecule has 33 heavy (non-hydrogen) atoms. The van der Waals surface area contributed by atoms with Gasteiger partial charge >= 0.3 is 5.63 Å². The molecule has 0 spiro atoms. The second-order valence-electron chi connectivity index (χ2n) is 7.88. The van der Waals surface area contributed by atoms with Crippen LogP contribution in [0.15, 0.2) is 82.0 Å². The molecule has 0 bridgehead atoms. The minimum absolute atomic E-state index is 0.103. The van der Waals surface area contributed by atoms with Gasteiger partial charge in [-0.05, 0) is 42.0 Å². The van der Waals surface area contributed by atoms with Crippen LogP contribution in [0.1, 0.15) is 40.2 Å². The van der Waals surface area contributed by atoms with Crippen LogP contribution in [0.25, 0.3) is 22.0 Å². The molecular formula is C26H21N3O4. The van der Waals surface area contributed by atoms with E-state index in [1.165, 1.54) is 0 Å². The summed E-state index contributed by atoms with van der Waals surface area (Å²) in [5, 5.41) is 14.1. The number of aromatic hydroxyl groups is 1. The Labute approximate surface area is 188 Å². The molecule has 0 aliphatic carbocycles. The molecule has 7 nitrogen and oxygen atoms in total. The van der Waals surface area contributed by atoms with Crippen LogP contribution in [0, 0.1) is 0 Å². The molecule has 0 fully saturated rings. The number of nitrogens with one attached hydrogen (secondary N) is 2. The molecule has 5 rings (SSSR count). The molecule has 7 heteroatoms. The third kappa shape index (κ3) is 3.85. The molecule has 1 atom stereocenters. The molecule has 0 saturated heterocycles. The topological polar surface area (TPSA) is 108 Å². The second kappa shape index (κ2) is 8.27. The molecule has 0 aliphatic rings. The first-order valence-corrected chi connectivity index (χ1v) is 10.6. The van der Waals surface area contributed by atoms with Crippen LogP contribution in [-0.2, 0) is 6.54 Å². The number of rotatable bonds is 5. The number of imidazole rings is 1. The van der Waals surface area contributed by atoms with Gasteiger partial charge in [0.25, 0.3) is 5.91 Å². The van der Waals surface area contributed by atoms with E-state index in [1.807, 2.05) is 30.3 Å². The van der Waals surface area contributed by atoms with E-state index < -0.39 is 11.5 Å². The smallest absolute Gasteiger partial charge is 0.343 e. The van der Waals surface area contributed by atoms with E-state index in [9.17, 15) is 14.7 Å². The summed E-state index contributed by atoms with van der Waals surface area (Å²) in [7, 11) is 0. The van der Waals surface area contributed by atoms with Crippen LogP contribution >= 0.6 is 0 Å². The first-order valence-electron chi connectivity index (χ1n) is 10.6. The summed E-state index contributed by atoms with van der Waals surface area (Å²) in [6, 6.07) is 21.5. The van der Waals surface area contributed by atoms with Gasteiger partial charge in [-0.2, -0.15) is 0 Å². The van der Waals surface area contributed by atoms with Crippen LogP contribution < -0.4 is 10.9 Å². The number of carbonyl (C=O) groups is 1. The Balaban J connectivity index is 1.39. The Morgan fingerprint density at radius 2 is 1.88 bits per heavy atom. The van der Waals surface area contributed by atoms with Crippen LogP contribution in [0.2, 0.25) is 0 Å². The molecular weight excluding hydrogens is 418 g/mol. The highest BCUT2D eigenvalue weighted by atomic mass is 16.4. The van der Waals surface area contributed by atoms with Crippen molar-refractivity contribution < 1.29 is 14.3 Å². The number of H-pyrrole nitrogens is 1. The molecule has 3 N–H and O–H groups in total. The van der Waals surface area contributed by atoms with Gasteiger partial charge in [-0.25, -0.2) is 9.78 Å². The number of benzene rings is 3. The van der Waals surface area contributed by atoms with Crippen LogP contribution in [-0.4, -0.2) is 21.0 Å². The third-order valence-corrected chi connectivity index (χ3v) is 5.76. The first kappa shape index (κ1) is 20.5. The quantitative estimate of drug-likeness (QED) is 0.351. The van der Waals surface area contributed by atoms with E-state index in [2.05, 4.69) is 15.3 Å². The fourth-order valence-corrected chi connectivity index (χ4v) is 4.00. The molecule has 2 heterocycles. The van der Waals surface area contributed by atoms with E-state index in [0.717, 1.165) is 11.0 Å². The van der Waals surface area contributed by atoms with E-state index in [4.69, 9.17) is 4.42 Å². The molecule has 2 aromatic heterocycles. The molecule has 164 valence electrons. The normalized spacial score (nSPS) is 12.2. The maximum absolute atomic E-state index is 12.8. The fraction of sp³-hybridized carbons (Fsp3) is 0.115. The van der Waals surface area contributed by atoms with Crippen molar-refractivity contribution in [2.24, 2.45) is 0 Å². The molecule has 5 aromatic rings. The average Bonchev–Trinajstić information content (AvgIpc) is 3.25. The summed E-state index contributed by atoms with van der Waals surface area (Å²) in [6.45, 7) is 2.05. The monoisotopic (exact) mass is 439 g/mol. The number of para-hydroxylation sites is 3. The summed E-state index contributed by atoms with van der Waals surface area (Å²) >= 11 is 0. The van der Waals surface area contributed by atoms with Gasteiger partial charge in [-0.3, -0.25) is 4.79 Å². The van der Waals surface area contributed by atoms with Gasteiger partial charge in [-0.1, -0.05) is 43.3 Å². The number of nitrogens with zero attached hydrogens (tertiary/aromatic N) is 1. The second-order valence-corrected chi connectivity index (χ2v) is 7.88. The Kier molecular flexibility index (Phi) is 5.14. The number of amides is 1. The van der Waals surface area contributed by atoms with Crippen molar-refractivity contribution in [2.45, 2.75) is 19.4 Å². The Hall–Kier alpha value is -4.39. The van der Waals surface area contributed by atoms with Crippen molar-refractivity contribution in [1.82, 2.24) is 15.3 Å². The minimum Gasteiger partial charge on any atom is -0.507 e. The van der Waals surface area contributed by atoms with Gasteiger partial charge < -0.3 is 19.8 Å². The summed E-state index contributed by atoms with van der Waals surface area (Å²) in [6.07, 6.45) is 0. The Morgan fingerprint density at radius 1 is 1.09 bits per heavy atom. The number of hydrogen-bond donors (Lipinski definition) is 3. The van der Waals surface area contributed by atoms with Crippen LogP contribution in [0.5, 0.6) is 5.75 Å². The van der Waals surface area contributed by atoms with E-state index in [0.29, 0.717) is 27.9 Å². The zero-order chi connectivity index (χ0) is 22.9. The van der Waals surface area contributed by atoms with Gasteiger partial charge in [0.05, 0.1) is 28.5 Å². The molecule has 0 aliphatic heterocycles. The largest absolute Gasteiger partial charge is 0.507 e. The van der Waals surface area contributed by atoms with Crippen LogP contribution in [0.3, 0.4) is 0 Å². The lowest BCUT2D eigenvalue weighted by molar-refractivity contribution is 0.0950. The average molecular weight is 439 g/mol. The van der Waals surface area contributed by atoms with Crippen molar-refractivity contribution in [1.29, 1.82) is 0 Å². The summed E-state index contributed by atoms with van der Waals surface area (Å²) in [4.78, 5) is 33.0. The summed E-state index contributed by atoms with van der Waals surface area (Å²) in [5.74, 6) is -0.185. The zero-order valence-electron chi connectivity index (χ0n) is 17.8. The number of fused-ring (bicyclic) bond motifs is 2. The third-order valence-electron chi connectivity index (χ3n) is 5.76. The highest BCUT2D eigenvalue weighted by Gasteiger charge is 2.22. The van der Waals surface area contributed by atoms with E-state index in [1.54, 1.807) is 49.4 Å². The molecule has 0 radical (unpaired) electrons. The SMILES string of the molecule is CC(c1cccc(C(=O)NCc2nc3ccccc3[nH]2)c1)c1c(O)c2ccccc2oc1=O. The minimum atomic E-state index is -0.599. The first-order chi connectivity index (χ1) is 16.0. The lowest BCUT2D eigenvalue weighted by Gasteiger charge is -2.15. The highest BCUT2D eigenvalue weighted by molar-refractivity contribution is 5.94. The maximum Gasteiger partial charge on any atom is 0.343 e. The van der Waals surface area contributed by atoms with Gasteiger partial charge in [0.2, 0.25) is 0 Å². The zero-order valence-corrected chi connectivity index (χ0v) is 17.8. The Bertz CT molecular complexity index is 1520. The van der Waals surface area contributed by atoms with Crippen molar-refractivity contribution >= 4 is 27.9 Å². The molecule has 1 amide bonds. The number of carbonyl (C=O) groups excluding carboxylic acids is 1. The number of aromatic amines is 1. The summed E-state index contributed by atoms with van der Waals surface area (Å²) < 4.78 is 5.40. The predicted octanol–water partition coefficient (Wildman–Crippen LogP) is 4.46. The molecule has 3 aromatic carbocycles. The fourth-order valence-electron chi connectivity index (χ4n) is 4.00. The van der Waals surface area contributed by atoms with E-state index in [-0.39, 0.29) is 23.8 Å². The van der Waals surface area contributed by atoms with Crippen LogP contribution in [0.4, 0.5) is 0 Å². The van der Waals surface area contributed by atoms with Gasteiger partial charge in [-0.15, -0.1) is 0 Å². The number of aromatic nitrogens is 2. The van der Waals surface area contributed by atoms with Gasteiger partial charge in [0, 0.05) is 11.5 Å². The lowest BCUT2D eigenvalue weighted by Crippen LogP contribution is -2.23.